The van der Waals surface area contributed by atoms with Crippen LogP contribution in [0.15, 0.2) is 18.2 Å². The van der Waals surface area contributed by atoms with E-state index in [1.807, 2.05) is 25.1 Å². The van der Waals surface area contributed by atoms with Crippen molar-refractivity contribution in [3.63, 3.8) is 0 Å². The summed E-state index contributed by atoms with van der Waals surface area (Å²) in [4.78, 5) is 0. The van der Waals surface area contributed by atoms with Gasteiger partial charge in [0.15, 0.2) is 5.82 Å². The van der Waals surface area contributed by atoms with Gasteiger partial charge in [0.25, 0.3) is 0 Å². The molecule has 1 aromatic carbocycles. The molecule has 0 saturated carbocycles. The number of nitrogens with one attached hydrogen (secondary N) is 1. The molecule has 0 aliphatic carbocycles. The molecule has 0 radical (unpaired) electrons. The minimum Gasteiger partial charge on any atom is -0.496 e. The van der Waals surface area contributed by atoms with Crippen LogP contribution in [0.4, 0.5) is 0 Å². The van der Waals surface area contributed by atoms with E-state index >= 15 is 0 Å². The molecule has 2 heterocycles. The van der Waals surface area contributed by atoms with Crippen molar-refractivity contribution in [3.8, 4) is 11.4 Å². The SMILES string of the molecule is COc1ccc(-n2nnnc2C2CCCN2)cc1C. The van der Waals surface area contributed by atoms with E-state index in [1.54, 1.807) is 11.8 Å². The Balaban J connectivity index is 1.98. The number of methoxy groups -OCH3 is 1. The van der Waals surface area contributed by atoms with Crippen LogP contribution in [0.1, 0.15) is 30.3 Å². The summed E-state index contributed by atoms with van der Waals surface area (Å²) >= 11 is 0. The van der Waals surface area contributed by atoms with Crippen molar-refractivity contribution < 1.29 is 4.74 Å². The average molecular weight is 259 g/mol. The van der Waals surface area contributed by atoms with Gasteiger partial charge in [-0.25, -0.2) is 0 Å². The van der Waals surface area contributed by atoms with Crippen molar-refractivity contribution in [2.45, 2.75) is 25.8 Å². The molecule has 6 nitrogen and oxygen atoms in total. The van der Waals surface area contributed by atoms with Crippen LogP contribution < -0.4 is 10.1 Å². The fourth-order valence-electron chi connectivity index (χ4n) is 2.49. The van der Waals surface area contributed by atoms with Crippen molar-refractivity contribution in [1.82, 2.24) is 25.5 Å². The van der Waals surface area contributed by atoms with Gasteiger partial charge in [0.05, 0.1) is 18.8 Å². The summed E-state index contributed by atoms with van der Waals surface area (Å²) in [7, 11) is 1.67. The maximum atomic E-state index is 5.27. The van der Waals surface area contributed by atoms with Gasteiger partial charge in [-0.3, -0.25) is 0 Å². The van der Waals surface area contributed by atoms with Gasteiger partial charge in [0.2, 0.25) is 0 Å². The van der Waals surface area contributed by atoms with Gasteiger partial charge in [-0.1, -0.05) is 0 Å². The fraction of sp³-hybridized carbons (Fsp3) is 0.462. The molecule has 1 aliphatic heterocycles. The number of aromatic nitrogens is 4. The topological polar surface area (TPSA) is 64.9 Å². The number of hydrogen-bond donors (Lipinski definition) is 1. The monoisotopic (exact) mass is 259 g/mol. The first-order valence-corrected chi connectivity index (χ1v) is 6.46. The summed E-state index contributed by atoms with van der Waals surface area (Å²) in [5.74, 6) is 1.75. The van der Waals surface area contributed by atoms with Crippen LogP contribution in [-0.2, 0) is 0 Å². The average Bonchev–Trinajstić information content (AvgIpc) is 3.09. The summed E-state index contributed by atoms with van der Waals surface area (Å²) < 4.78 is 7.08. The zero-order valence-electron chi connectivity index (χ0n) is 11.1. The number of hydrogen-bond acceptors (Lipinski definition) is 5. The van der Waals surface area contributed by atoms with Gasteiger partial charge >= 0.3 is 0 Å². The van der Waals surface area contributed by atoms with Gasteiger partial charge in [-0.05, 0) is 60.5 Å². The summed E-state index contributed by atoms with van der Waals surface area (Å²) in [5.41, 5.74) is 2.04. The Hall–Kier alpha value is -1.95. The smallest absolute Gasteiger partial charge is 0.173 e. The molecule has 1 fully saturated rings. The lowest BCUT2D eigenvalue weighted by Gasteiger charge is -2.12. The first kappa shape index (κ1) is 12.1. The standard InChI is InChI=1S/C13H17N5O/c1-9-8-10(5-6-12(9)19-2)18-13(15-16-17-18)11-4-3-7-14-11/h5-6,8,11,14H,3-4,7H2,1-2H3. The van der Waals surface area contributed by atoms with Crippen LogP contribution in [0.25, 0.3) is 5.69 Å². The first-order valence-electron chi connectivity index (χ1n) is 6.46. The minimum atomic E-state index is 0.248. The van der Waals surface area contributed by atoms with E-state index in [0.29, 0.717) is 0 Å². The Morgan fingerprint density at radius 1 is 1.42 bits per heavy atom. The van der Waals surface area contributed by atoms with E-state index < -0.39 is 0 Å². The van der Waals surface area contributed by atoms with Gasteiger partial charge in [0, 0.05) is 0 Å². The van der Waals surface area contributed by atoms with Crippen LogP contribution in [0.5, 0.6) is 5.75 Å². The van der Waals surface area contributed by atoms with E-state index in [9.17, 15) is 0 Å². The Bertz CT molecular complexity index is 574. The minimum absolute atomic E-state index is 0.248. The molecule has 0 amide bonds. The first-order chi connectivity index (χ1) is 9.29. The van der Waals surface area contributed by atoms with Crippen molar-refractivity contribution in [3.05, 3.63) is 29.6 Å². The number of benzene rings is 1. The molecule has 19 heavy (non-hydrogen) atoms. The van der Waals surface area contributed by atoms with Crippen LogP contribution >= 0.6 is 0 Å². The lowest BCUT2D eigenvalue weighted by Crippen LogP contribution is -2.18. The highest BCUT2D eigenvalue weighted by atomic mass is 16.5. The van der Waals surface area contributed by atoms with Gasteiger partial charge < -0.3 is 10.1 Å². The van der Waals surface area contributed by atoms with E-state index in [1.165, 1.54) is 6.42 Å². The van der Waals surface area contributed by atoms with Gasteiger partial charge in [-0.2, -0.15) is 4.68 Å². The molecular formula is C13H17N5O. The van der Waals surface area contributed by atoms with Crippen molar-refractivity contribution in [1.29, 1.82) is 0 Å². The molecule has 0 bridgehead atoms. The molecule has 2 aromatic rings. The van der Waals surface area contributed by atoms with E-state index in [0.717, 1.165) is 35.8 Å². The summed E-state index contributed by atoms with van der Waals surface area (Å²) in [5, 5.41) is 15.5. The summed E-state index contributed by atoms with van der Waals surface area (Å²) in [6.45, 7) is 3.04. The van der Waals surface area contributed by atoms with Crippen LogP contribution in [-0.4, -0.2) is 33.9 Å². The summed E-state index contributed by atoms with van der Waals surface area (Å²) in [6, 6.07) is 6.20. The third-order valence-corrected chi connectivity index (χ3v) is 3.49. The largest absolute Gasteiger partial charge is 0.496 e. The predicted octanol–water partition coefficient (Wildman–Crippen LogP) is 1.40. The van der Waals surface area contributed by atoms with Crippen molar-refractivity contribution >= 4 is 0 Å². The summed E-state index contributed by atoms with van der Waals surface area (Å²) in [6.07, 6.45) is 2.24. The Morgan fingerprint density at radius 2 is 2.32 bits per heavy atom. The molecule has 1 unspecified atom stereocenters. The molecule has 1 atom stereocenters. The Morgan fingerprint density at radius 3 is 3.00 bits per heavy atom. The van der Waals surface area contributed by atoms with E-state index in [-0.39, 0.29) is 6.04 Å². The molecular weight excluding hydrogens is 242 g/mol. The normalized spacial score (nSPS) is 18.7. The zero-order chi connectivity index (χ0) is 13.2. The highest BCUT2D eigenvalue weighted by Crippen LogP contribution is 2.25. The zero-order valence-corrected chi connectivity index (χ0v) is 11.1. The lowest BCUT2D eigenvalue weighted by molar-refractivity contribution is 0.411. The van der Waals surface area contributed by atoms with Gasteiger partial charge in [-0.15, -0.1) is 5.10 Å². The second kappa shape index (κ2) is 4.97. The van der Waals surface area contributed by atoms with E-state index in [2.05, 4.69) is 20.8 Å². The number of rotatable bonds is 3. The molecule has 6 heteroatoms. The maximum absolute atomic E-state index is 5.27. The molecule has 1 N–H and O–H groups in total. The highest BCUT2D eigenvalue weighted by molar-refractivity contribution is 5.43. The quantitative estimate of drug-likeness (QED) is 0.902. The third kappa shape index (κ3) is 2.19. The predicted molar refractivity (Wildman–Crippen MR) is 70.4 cm³/mol. The molecule has 1 saturated heterocycles. The van der Waals surface area contributed by atoms with Crippen LogP contribution in [0, 0.1) is 6.92 Å². The molecule has 0 spiro atoms. The third-order valence-electron chi connectivity index (χ3n) is 3.49. The molecule has 100 valence electrons. The highest BCUT2D eigenvalue weighted by Gasteiger charge is 2.23. The maximum Gasteiger partial charge on any atom is 0.173 e. The molecule has 1 aliphatic rings. The Labute approximate surface area is 111 Å². The number of nitrogens with zero attached hydrogens (tertiary/aromatic N) is 4. The number of tetrazole rings is 1. The number of aryl methyl sites for hydroxylation is 1. The van der Waals surface area contributed by atoms with Crippen molar-refractivity contribution in [2.75, 3.05) is 13.7 Å². The molecule has 3 rings (SSSR count). The van der Waals surface area contributed by atoms with Crippen LogP contribution in [0.2, 0.25) is 0 Å². The van der Waals surface area contributed by atoms with E-state index in [4.69, 9.17) is 4.74 Å². The van der Waals surface area contributed by atoms with Crippen LogP contribution in [0.3, 0.4) is 0 Å². The van der Waals surface area contributed by atoms with Crippen molar-refractivity contribution in [2.24, 2.45) is 0 Å². The van der Waals surface area contributed by atoms with Gasteiger partial charge in [0.1, 0.15) is 5.75 Å². The second-order valence-electron chi connectivity index (χ2n) is 4.75. The second-order valence-corrected chi connectivity index (χ2v) is 4.75. The Kier molecular flexibility index (Phi) is 3.16. The fourth-order valence-corrected chi connectivity index (χ4v) is 2.49. The number of ether oxygens (including phenoxy) is 1. The molecule has 1 aromatic heterocycles. The lowest BCUT2D eigenvalue weighted by atomic mass is 10.2.